The maximum absolute atomic E-state index is 12.5. The van der Waals surface area contributed by atoms with Crippen LogP contribution in [-0.4, -0.2) is 48.1 Å². The highest BCUT2D eigenvalue weighted by atomic mass is 35.5. The first-order valence-electron chi connectivity index (χ1n) is 7.07. The summed E-state index contributed by atoms with van der Waals surface area (Å²) in [5.74, 6) is -0.140. The second kappa shape index (κ2) is 9.24. The minimum atomic E-state index is -0.521. The summed E-state index contributed by atoms with van der Waals surface area (Å²) in [6, 6.07) is 6.28. The molecule has 1 aliphatic rings. The minimum absolute atomic E-state index is 0. The summed E-state index contributed by atoms with van der Waals surface area (Å²) in [6.45, 7) is 6.00. The monoisotopic (exact) mass is 341 g/mol. The molecule has 0 bridgehead atoms. The fourth-order valence-electron chi connectivity index (χ4n) is 2.30. The number of hydrogen-bond acceptors (Lipinski definition) is 5. The summed E-state index contributed by atoms with van der Waals surface area (Å²) in [7, 11) is 0. The summed E-state index contributed by atoms with van der Waals surface area (Å²) in [4.78, 5) is 24.5. The molecule has 1 aliphatic heterocycles. The van der Waals surface area contributed by atoms with Gasteiger partial charge in [-0.05, 0) is 5.56 Å². The van der Waals surface area contributed by atoms with E-state index in [1.54, 1.807) is 23.1 Å². The van der Waals surface area contributed by atoms with Gasteiger partial charge in [0.2, 0.25) is 0 Å². The molecule has 1 atom stereocenters. The Hall–Kier alpha value is -1.96. The Labute approximate surface area is 140 Å². The Morgan fingerprint density at radius 2 is 2.35 bits per heavy atom. The van der Waals surface area contributed by atoms with Crippen LogP contribution in [0.15, 0.2) is 36.9 Å². The molecule has 0 saturated carbocycles. The molecule has 0 spiro atoms. The van der Waals surface area contributed by atoms with Crippen molar-refractivity contribution in [2.75, 3.05) is 26.2 Å². The van der Waals surface area contributed by atoms with E-state index in [-0.39, 0.29) is 30.5 Å². The summed E-state index contributed by atoms with van der Waals surface area (Å²) in [5.41, 5.74) is 0.715. The van der Waals surface area contributed by atoms with E-state index in [2.05, 4.69) is 11.9 Å². The molecule has 0 aromatic heterocycles. The van der Waals surface area contributed by atoms with E-state index >= 15 is 0 Å². The van der Waals surface area contributed by atoms with Crippen LogP contribution in [-0.2, 0) is 16.1 Å². The Kier molecular flexibility index (Phi) is 7.67. The van der Waals surface area contributed by atoms with Crippen LogP contribution in [0.3, 0.4) is 0 Å². The molecule has 1 N–H and O–H groups in total. The third-order valence-electron chi connectivity index (χ3n) is 3.36. The largest absolute Gasteiger partial charge is 0.366 e. The quantitative estimate of drug-likeness (QED) is 0.482. The van der Waals surface area contributed by atoms with Gasteiger partial charge in [0, 0.05) is 38.3 Å². The van der Waals surface area contributed by atoms with Crippen molar-refractivity contribution in [3.8, 4) is 0 Å². The van der Waals surface area contributed by atoms with Gasteiger partial charge in [-0.15, -0.1) is 19.0 Å². The first kappa shape index (κ1) is 19.1. The number of rotatable bonds is 6. The Balaban J connectivity index is 0.00000264. The molecule has 7 nitrogen and oxygen atoms in total. The van der Waals surface area contributed by atoms with Crippen molar-refractivity contribution in [1.82, 2.24) is 10.2 Å². The lowest BCUT2D eigenvalue weighted by Gasteiger charge is -2.29. The highest BCUT2D eigenvalue weighted by Crippen LogP contribution is 2.16. The number of nitrogens with one attached hydrogen (secondary N) is 1. The molecule has 0 radical (unpaired) electrons. The van der Waals surface area contributed by atoms with Crippen molar-refractivity contribution in [3.63, 3.8) is 0 Å². The van der Waals surface area contributed by atoms with E-state index in [1.165, 1.54) is 12.1 Å². The lowest BCUT2D eigenvalue weighted by Crippen LogP contribution is -2.49. The van der Waals surface area contributed by atoms with Crippen molar-refractivity contribution >= 4 is 24.0 Å². The minimum Gasteiger partial charge on any atom is -0.366 e. The van der Waals surface area contributed by atoms with Crippen molar-refractivity contribution < 1.29 is 14.5 Å². The SMILES string of the molecule is C=CCN(Cc1cccc([N+](=O)[O-])c1)C(=O)C1CNCCO1.Cl. The number of benzene rings is 1. The molecule has 1 heterocycles. The van der Waals surface area contributed by atoms with Gasteiger partial charge in [0.1, 0.15) is 6.10 Å². The van der Waals surface area contributed by atoms with Gasteiger partial charge in [-0.2, -0.15) is 0 Å². The topological polar surface area (TPSA) is 84.7 Å². The number of carbonyl (C=O) groups is 1. The Morgan fingerprint density at radius 1 is 1.57 bits per heavy atom. The van der Waals surface area contributed by atoms with Gasteiger partial charge in [0.05, 0.1) is 11.5 Å². The number of amides is 1. The maximum Gasteiger partial charge on any atom is 0.269 e. The van der Waals surface area contributed by atoms with Crippen molar-refractivity contribution in [2.45, 2.75) is 12.6 Å². The van der Waals surface area contributed by atoms with Crippen molar-refractivity contribution in [3.05, 3.63) is 52.6 Å². The number of nitro benzene ring substituents is 1. The standard InChI is InChI=1S/C15H19N3O4.ClH/c1-2-7-17(15(19)14-10-16-6-8-22-14)11-12-4-3-5-13(9-12)18(20)21;/h2-5,9,14,16H,1,6-8,10-11H2;1H. The molecule has 1 aromatic carbocycles. The van der Waals surface area contributed by atoms with Gasteiger partial charge in [0.25, 0.3) is 11.6 Å². The van der Waals surface area contributed by atoms with Gasteiger partial charge in [-0.3, -0.25) is 14.9 Å². The second-order valence-corrected chi connectivity index (χ2v) is 5.00. The molecule has 23 heavy (non-hydrogen) atoms. The lowest BCUT2D eigenvalue weighted by atomic mass is 10.1. The number of non-ortho nitro benzene ring substituents is 1. The summed E-state index contributed by atoms with van der Waals surface area (Å²) in [6.07, 6.45) is 1.11. The molecule has 1 aromatic rings. The average molecular weight is 342 g/mol. The fourth-order valence-corrected chi connectivity index (χ4v) is 2.30. The van der Waals surface area contributed by atoms with Gasteiger partial charge in [-0.1, -0.05) is 18.2 Å². The Morgan fingerprint density at radius 3 is 2.96 bits per heavy atom. The molecule has 1 unspecified atom stereocenters. The highest BCUT2D eigenvalue weighted by molar-refractivity contribution is 5.85. The van der Waals surface area contributed by atoms with E-state index in [0.29, 0.717) is 25.3 Å². The first-order chi connectivity index (χ1) is 10.6. The molecule has 1 fully saturated rings. The van der Waals surface area contributed by atoms with Gasteiger partial charge in [-0.25, -0.2) is 0 Å². The zero-order valence-corrected chi connectivity index (χ0v) is 13.5. The van der Waals surface area contributed by atoms with E-state index in [4.69, 9.17) is 4.74 Å². The van der Waals surface area contributed by atoms with Crippen LogP contribution in [0.5, 0.6) is 0 Å². The van der Waals surface area contributed by atoms with E-state index in [1.807, 2.05) is 0 Å². The highest BCUT2D eigenvalue weighted by Gasteiger charge is 2.26. The molecule has 8 heteroatoms. The zero-order valence-electron chi connectivity index (χ0n) is 12.6. The predicted octanol–water partition coefficient (Wildman–Crippen LogP) is 1.52. The molecule has 0 aliphatic carbocycles. The van der Waals surface area contributed by atoms with Crippen LogP contribution < -0.4 is 5.32 Å². The van der Waals surface area contributed by atoms with E-state index in [0.717, 1.165) is 6.54 Å². The number of ether oxygens (including phenoxy) is 1. The summed E-state index contributed by atoms with van der Waals surface area (Å²) < 4.78 is 5.47. The number of nitrogens with zero attached hydrogens (tertiary/aromatic N) is 2. The van der Waals surface area contributed by atoms with Gasteiger partial charge in [0.15, 0.2) is 0 Å². The first-order valence-corrected chi connectivity index (χ1v) is 7.07. The Bertz CT molecular complexity index is 561. The predicted molar refractivity (Wildman–Crippen MR) is 88.6 cm³/mol. The number of nitro groups is 1. The van der Waals surface area contributed by atoms with Crippen LogP contribution in [0.2, 0.25) is 0 Å². The van der Waals surface area contributed by atoms with Crippen LogP contribution in [0, 0.1) is 10.1 Å². The molecule has 1 saturated heterocycles. The van der Waals surface area contributed by atoms with Crippen molar-refractivity contribution in [1.29, 1.82) is 0 Å². The van der Waals surface area contributed by atoms with Crippen LogP contribution in [0.25, 0.3) is 0 Å². The summed E-state index contributed by atoms with van der Waals surface area (Å²) >= 11 is 0. The van der Waals surface area contributed by atoms with E-state index in [9.17, 15) is 14.9 Å². The third-order valence-corrected chi connectivity index (χ3v) is 3.36. The van der Waals surface area contributed by atoms with Crippen LogP contribution in [0.1, 0.15) is 5.56 Å². The van der Waals surface area contributed by atoms with Crippen LogP contribution in [0.4, 0.5) is 5.69 Å². The second-order valence-electron chi connectivity index (χ2n) is 5.00. The fraction of sp³-hybridized carbons (Fsp3) is 0.400. The smallest absolute Gasteiger partial charge is 0.269 e. The summed E-state index contributed by atoms with van der Waals surface area (Å²) in [5, 5.41) is 13.9. The average Bonchev–Trinajstić information content (AvgIpc) is 2.55. The normalized spacial score (nSPS) is 17.0. The lowest BCUT2D eigenvalue weighted by molar-refractivity contribution is -0.384. The van der Waals surface area contributed by atoms with Gasteiger partial charge < -0.3 is 15.0 Å². The number of morpholine rings is 1. The zero-order chi connectivity index (χ0) is 15.9. The maximum atomic E-state index is 12.5. The van der Waals surface area contributed by atoms with Gasteiger partial charge >= 0.3 is 0 Å². The van der Waals surface area contributed by atoms with Crippen molar-refractivity contribution in [2.24, 2.45) is 0 Å². The molecular weight excluding hydrogens is 322 g/mol. The number of hydrogen-bond donors (Lipinski definition) is 1. The van der Waals surface area contributed by atoms with Crippen LogP contribution >= 0.6 is 12.4 Å². The molecule has 126 valence electrons. The molecule has 1 amide bonds. The molecule has 2 rings (SSSR count). The van der Waals surface area contributed by atoms with E-state index < -0.39 is 11.0 Å². The number of carbonyl (C=O) groups excluding carboxylic acids is 1. The third kappa shape index (κ3) is 5.31. The molecular formula is C15H20ClN3O4. The number of halogens is 1.